The molecule has 1 heterocycles. The number of hydrogen-bond donors (Lipinski definition) is 2. The lowest BCUT2D eigenvalue weighted by Crippen LogP contribution is -2.33. The lowest BCUT2D eigenvalue weighted by Gasteiger charge is -2.18. The average Bonchev–Trinajstić information content (AvgIpc) is 2.85. The van der Waals surface area contributed by atoms with Crippen molar-refractivity contribution in [2.45, 2.75) is 19.4 Å². The van der Waals surface area contributed by atoms with Gasteiger partial charge in [0.2, 0.25) is 10.0 Å². The lowest BCUT2D eigenvalue weighted by atomic mass is 10.3. The lowest BCUT2D eigenvalue weighted by molar-refractivity contribution is 0.178. The van der Waals surface area contributed by atoms with E-state index in [4.69, 9.17) is 0 Å². The molecule has 0 aliphatic carbocycles. The van der Waals surface area contributed by atoms with Gasteiger partial charge < -0.3 is 10.4 Å². The van der Waals surface area contributed by atoms with Crippen LogP contribution in [0, 0.1) is 0 Å². The first-order valence-electron chi connectivity index (χ1n) is 6.32. The number of hydrogen-bond acceptors (Lipinski definition) is 5. The second kappa shape index (κ2) is 7.96. The number of rotatable bonds is 9. The molecule has 0 saturated heterocycles. The second-order valence-corrected chi connectivity index (χ2v) is 7.31. The molecular formula is C12H22N2O3S2. The minimum atomic E-state index is -3.10. The molecule has 19 heavy (non-hydrogen) atoms. The van der Waals surface area contributed by atoms with Gasteiger partial charge in [-0.25, -0.2) is 12.7 Å². The van der Waals surface area contributed by atoms with Crippen LogP contribution in [0.2, 0.25) is 0 Å². The molecule has 0 aliphatic rings. The van der Waals surface area contributed by atoms with Crippen LogP contribution in [0.4, 0.5) is 0 Å². The van der Waals surface area contributed by atoms with Crippen molar-refractivity contribution in [2.24, 2.45) is 0 Å². The third kappa shape index (κ3) is 6.01. The van der Waals surface area contributed by atoms with Crippen LogP contribution in [0.15, 0.2) is 17.5 Å². The van der Waals surface area contributed by atoms with E-state index in [2.05, 4.69) is 5.32 Å². The quantitative estimate of drug-likeness (QED) is 0.669. The molecule has 1 unspecified atom stereocenters. The molecule has 0 aliphatic heterocycles. The van der Waals surface area contributed by atoms with Crippen molar-refractivity contribution in [1.82, 2.24) is 9.62 Å². The molecular weight excluding hydrogens is 284 g/mol. The SMILES string of the molecule is CCN(CCCNCC(O)c1cccs1)S(C)(=O)=O. The zero-order valence-corrected chi connectivity index (χ0v) is 13.0. The van der Waals surface area contributed by atoms with E-state index in [9.17, 15) is 13.5 Å². The van der Waals surface area contributed by atoms with Crippen molar-refractivity contribution in [1.29, 1.82) is 0 Å². The topological polar surface area (TPSA) is 69.6 Å². The van der Waals surface area contributed by atoms with E-state index < -0.39 is 16.1 Å². The Morgan fingerprint density at radius 1 is 1.53 bits per heavy atom. The number of nitrogens with one attached hydrogen (secondary N) is 1. The fourth-order valence-electron chi connectivity index (χ4n) is 1.76. The van der Waals surface area contributed by atoms with Crippen molar-refractivity contribution in [2.75, 3.05) is 32.4 Å². The molecule has 1 aromatic heterocycles. The van der Waals surface area contributed by atoms with Gasteiger partial charge in [0, 0.05) is 24.5 Å². The Morgan fingerprint density at radius 3 is 2.79 bits per heavy atom. The molecule has 0 fully saturated rings. The standard InChI is InChI=1S/C12H22N2O3S2/c1-3-14(19(2,16)17)8-5-7-13-10-11(15)12-6-4-9-18-12/h4,6,9,11,13,15H,3,5,7-8,10H2,1-2H3. The van der Waals surface area contributed by atoms with Crippen molar-refractivity contribution < 1.29 is 13.5 Å². The molecule has 0 saturated carbocycles. The average molecular weight is 306 g/mol. The van der Waals surface area contributed by atoms with E-state index in [0.717, 1.165) is 11.3 Å². The number of aliphatic hydroxyl groups is 1. The minimum absolute atomic E-state index is 0.489. The largest absolute Gasteiger partial charge is 0.386 e. The maximum absolute atomic E-state index is 11.4. The van der Waals surface area contributed by atoms with Crippen LogP contribution in [0.5, 0.6) is 0 Å². The number of sulfonamides is 1. The summed E-state index contributed by atoms with van der Waals surface area (Å²) >= 11 is 1.53. The Labute approximate surface area is 119 Å². The Balaban J connectivity index is 2.18. The van der Waals surface area contributed by atoms with E-state index >= 15 is 0 Å². The summed E-state index contributed by atoms with van der Waals surface area (Å²) in [6.45, 7) is 4.02. The number of aliphatic hydroxyl groups excluding tert-OH is 1. The minimum Gasteiger partial charge on any atom is -0.386 e. The summed E-state index contributed by atoms with van der Waals surface area (Å²) < 4.78 is 24.2. The van der Waals surface area contributed by atoms with Crippen LogP contribution >= 0.6 is 11.3 Å². The summed E-state index contributed by atoms with van der Waals surface area (Å²) in [6.07, 6.45) is 1.47. The smallest absolute Gasteiger partial charge is 0.211 e. The first kappa shape index (κ1) is 16.6. The molecule has 1 atom stereocenters. The van der Waals surface area contributed by atoms with Crippen LogP contribution in [0.25, 0.3) is 0 Å². The van der Waals surface area contributed by atoms with Crippen LogP contribution in [-0.4, -0.2) is 50.3 Å². The fraction of sp³-hybridized carbons (Fsp3) is 0.667. The van der Waals surface area contributed by atoms with Crippen molar-refractivity contribution >= 4 is 21.4 Å². The number of nitrogens with zero attached hydrogens (tertiary/aromatic N) is 1. The monoisotopic (exact) mass is 306 g/mol. The summed E-state index contributed by atoms with van der Waals surface area (Å²) in [4.78, 5) is 0.943. The molecule has 7 heteroatoms. The predicted octanol–water partition coefficient (Wildman–Crippen LogP) is 1.04. The number of thiophene rings is 1. The molecule has 0 aromatic carbocycles. The van der Waals surface area contributed by atoms with Gasteiger partial charge >= 0.3 is 0 Å². The first-order chi connectivity index (χ1) is 8.95. The van der Waals surface area contributed by atoms with E-state index in [-0.39, 0.29) is 0 Å². The van der Waals surface area contributed by atoms with E-state index in [1.807, 2.05) is 24.4 Å². The van der Waals surface area contributed by atoms with Gasteiger partial charge in [0.1, 0.15) is 6.10 Å². The Hall–Kier alpha value is -0.470. The van der Waals surface area contributed by atoms with Gasteiger partial charge in [-0.1, -0.05) is 13.0 Å². The van der Waals surface area contributed by atoms with Gasteiger partial charge in [-0.3, -0.25) is 0 Å². The van der Waals surface area contributed by atoms with Crippen LogP contribution in [0.1, 0.15) is 24.3 Å². The van der Waals surface area contributed by atoms with Crippen LogP contribution in [0.3, 0.4) is 0 Å². The maximum Gasteiger partial charge on any atom is 0.211 e. The van der Waals surface area contributed by atoms with E-state index in [1.54, 1.807) is 0 Å². The Morgan fingerprint density at radius 2 is 2.26 bits per heavy atom. The third-order valence-corrected chi connectivity index (χ3v) is 5.14. The summed E-state index contributed by atoms with van der Waals surface area (Å²) in [5.74, 6) is 0. The molecule has 110 valence electrons. The van der Waals surface area contributed by atoms with Gasteiger partial charge in [0.25, 0.3) is 0 Å². The van der Waals surface area contributed by atoms with E-state index in [0.29, 0.717) is 26.2 Å². The van der Waals surface area contributed by atoms with Crippen LogP contribution < -0.4 is 5.32 Å². The van der Waals surface area contributed by atoms with Crippen molar-refractivity contribution in [3.05, 3.63) is 22.4 Å². The summed E-state index contributed by atoms with van der Waals surface area (Å²) in [6, 6.07) is 3.81. The van der Waals surface area contributed by atoms with E-state index in [1.165, 1.54) is 21.9 Å². The molecule has 0 amide bonds. The molecule has 0 radical (unpaired) electrons. The van der Waals surface area contributed by atoms with Crippen molar-refractivity contribution in [3.8, 4) is 0 Å². The highest BCUT2D eigenvalue weighted by Gasteiger charge is 2.13. The van der Waals surface area contributed by atoms with Gasteiger partial charge in [-0.05, 0) is 24.4 Å². The second-order valence-electron chi connectivity index (χ2n) is 4.34. The molecule has 1 aromatic rings. The molecule has 0 bridgehead atoms. The van der Waals surface area contributed by atoms with Crippen LogP contribution in [-0.2, 0) is 10.0 Å². The normalized spacial score (nSPS) is 13.9. The highest BCUT2D eigenvalue weighted by Crippen LogP contribution is 2.17. The molecule has 2 N–H and O–H groups in total. The van der Waals surface area contributed by atoms with Gasteiger partial charge in [0.15, 0.2) is 0 Å². The fourth-order valence-corrected chi connectivity index (χ4v) is 3.40. The van der Waals surface area contributed by atoms with Crippen molar-refractivity contribution in [3.63, 3.8) is 0 Å². The molecule has 1 rings (SSSR count). The molecule has 0 spiro atoms. The summed E-state index contributed by atoms with van der Waals surface area (Å²) in [7, 11) is -3.10. The zero-order chi connectivity index (χ0) is 14.3. The van der Waals surface area contributed by atoms with Gasteiger partial charge in [0.05, 0.1) is 6.26 Å². The Kier molecular flexibility index (Phi) is 6.95. The first-order valence-corrected chi connectivity index (χ1v) is 9.05. The maximum atomic E-state index is 11.4. The Bertz CT molecular complexity index is 446. The summed E-state index contributed by atoms with van der Waals surface area (Å²) in [5, 5.41) is 14.9. The highest BCUT2D eigenvalue weighted by molar-refractivity contribution is 7.88. The zero-order valence-electron chi connectivity index (χ0n) is 11.4. The predicted molar refractivity (Wildman–Crippen MR) is 78.9 cm³/mol. The highest BCUT2D eigenvalue weighted by atomic mass is 32.2. The third-order valence-electron chi connectivity index (χ3n) is 2.79. The van der Waals surface area contributed by atoms with Gasteiger partial charge in [-0.2, -0.15) is 0 Å². The van der Waals surface area contributed by atoms with Gasteiger partial charge in [-0.15, -0.1) is 11.3 Å². The summed E-state index contributed by atoms with van der Waals surface area (Å²) in [5.41, 5.74) is 0. The molecule has 5 nitrogen and oxygen atoms in total.